The van der Waals surface area contributed by atoms with Gasteiger partial charge >= 0.3 is 0 Å². The summed E-state index contributed by atoms with van der Waals surface area (Å²) in [5, 5.41) is 3.65. The van der Waals surface area contributed by atoms with Crippen LogP contribution in [0.5, 0.6) is 0 Å². The molecule has 0 spiro atoms. The van der Waals surface area contributed by atoms with Gasteiger partial charge in [0, 0.05) is 18.6 Å². The molecule has 15 heavy (non-hydrogen) atoms. The molecular weight excluding hydrogens is 186 g/mol. The van der Waals surface area contributed by atoms with Gasteiger partial charge in [0.05, 0.1) is 6.61 Å². The quantitative estimate of drug-likeness (QED) is 0.718. The summed E-state index contributed by atoms with van der Waals surface area (Å²) in [6.45, 7) is 5.19. The molecule has 86 valence electrons. The molecule has 0 aromatic rings. The highest BCUT2D eigenvalue weighted by atomic mass is 16.5. The van der Waals surface area contributed by atoms with Gasteiger partial charge in [-0.15, -0.1) is 0 Å². The van der Waals surface area contributed by atoms with Crippen molar-refractivity contribution in [3.63, 3.8) is 0 Å². The third-order valence-electron chi connectivity index (χ3n) is 3.57. The van der Waals surface area contributed by atoms with Gasteiger partial charge in [0.2, 0.25) is 0 Å². The maximum Gasteiger partial charge on any atom is 0.0512 e. The first-order valence-corrected chi connectivity index (χ1v) is 6.42. The van der Waals surface area contributed by atoms with Crippen molar-refractivity contribution in [2.45, 2.75) is 45.1 Å². The molecule has 2 nitrogen and oxygen atoms in total. The molecule has 0 amide bonds. The van der Waals surface area contributed by atoms with E-state index in [1.54, 1.807) is 5.57 Å². The maximum atomic E-state index is 5.60. The van der Waals surface area contributed by atoms with Crippen LogP contribution < -0.4 is 5.32 Å². The molecule has 1 fully saturated rings. The van der Waals surface area contributed by atoms with Crippen LogP contribution in [0.1, 0.15) is 39.0 Å². The number of allylic oxidation sites excluding steroid dienone is 1. The Balaban J connectivity index is 1.97. The first kappa shape index (κ1) is 11.2. The monoisotopic (exact) mass is 209 g/mol. The zero-order valence-electron chi connectivity index (χ0n) is 9.80. The van der Waals surface area contributed by atoms with E-state index in [1.807, 2.05) is 0 Å². The van der Waals surface area contributed by atoms with E-state index >= 15 is 0 Å². The van der Waals surface area contributed by atoms with Gasteiger partial charge < -0.3 is 10.1 Å². The summed E-state index contributed by atoms with van der Waals surface area (Å²) in [5.74, 6) is 0.711. The van der Waals surface area contributed by atoms with Crippen molar-refractivity contribution < 1.29 is 4.74 Å². The molecule has 2 unspecified atom stereocenters. The minimum Gasteiger partial charge on any atom is -0.381 e. The molecule has 0 aromatic carbocycles. The Morgan fingerprint density at radius 3 is 3.07 bits per heavy atom. The fraction of sp³-hybridized carbons (Fsp3) is 0.846. The van der Waals surface area contributed by atoms with Crippen molar-refractivity contribution in [3.05, 3.63) is 11.6 Å². The maximum absolute atomic E-state index is 5.60. The molecule has 2 atom stereocenters. The van der Waals surface area contributed by atoms with Crippen LogP contribution >= 0.6 is 0 Å². The number of hydrogen-bond donors (Lipinski definition) is 1. The fourth-order valence-electron chi connectivity index (χ4n) is 2.83. The van der Waals surface area contributed by atoms with E-state index < -0.39 is 0 Å². The molecule has 1 saturated heterocycles. The van der Waals surface area contributed by atoms with Crippen LogP contribution in [-0.2, 0) is 4.74 Å². The number of ether oxygens (including phenoxy) is 1. The Bertz CT molecular complexity index is 219. The van der Waals surface area contributed by atoms with Crippen molar-refractivity contribution in [3.8, 4) is 0 Å². The van der Waals surface area contributed by atoms with Gasteiger partial charge in [0.15, 0.2) is 0 Å². The van der Waals surface area contributed by atoms with Crippen LogP contribution in [0.25, 0.3) is 0 Å². The average molecular weight is 209 g/mol. The van der Waals surface area contributed by atoms with E-state index in [0.29, 0.717) is 12.0 Å². The zero-order valence-corrected chi connectivity index (χ0v) is 9.80. The van der Waals surface area contributed by atoms with E-state index in [2.05, 4.69) is 18.3 Å². The minimum atomic E-state index is 0.595. The lowest BCUT2D eigenvalue weighted by Gasteiger charge is -2.32. The Morgan fingerprint density at radius 1 is 1.53 bits per heavy atom. The van der Waals surface area contributed by atoms with Crippen LogP contribution in [0.3, 0.4) is 0 Å². The molecule has 0 bridgehead atoms. The van der Waals surface area contributed by atoms with Crippen LogP contribution in [0.15, 0.2) is 11.6 Å². The predicted octanol–water partition coefficient (Wildman–Crippen LogP) is 2.50. The van der Waals surface area contributed by atoms with Gasteiger partial charge in [-0.05, 0) is 38.6 Å². The fourth-order valence-corrected chi connectivity index (χ4v) is 2.83. The standard InChI is InChI=1S/C13H23NO/c1-2-14-13(11-6-3-4-7-11)12-8-5-9-15-10-12/h6,12-14H,2-5,7-10H2,1H3. The van der Waals surface area contributed by atoms with Crippen molar-refractivity contribution in [1.29, 1.82) is 0 Å². The average Bonchev–Trinajstić information content (AvgIpc) is 2.80. The number of likely N-dealkylation sites (N-methyl/N-ethyl adjacent to an activating group) is 1. The number of rotatable bonds is 4. The normalized spacial score (nSPS) is 28.9. The lowest BCUT2D eigenvalue weighted by molar-refractivity contribution is 0.0443. The lowest BCUT2D eigenvalue weighted by atomic mass is 9.88. The Kier molecular flexibility index (Phi) is 4.21. The highest BCUT2D eigenvalue weighted by Crippen LogP contribution is 2.28. The SMILES string of the molecule is CCNC(C1=CCCC1)C1CCCOC1. The van der Waals surface area contributed by atoms with Gasteiger partial charge in [-0.1, -0.05) is 18.6 Å². The Hall–Kier alpha value is -0.340. The molecular formula is C13H23NO. The second-order valence-electron chi connectivity index (χ2n) is 4.68. The molecule has 1 aliphatic heterocycles. The summed E-state index contributed by atoms with van der Waals surface area (Å²) in [7, 11) is 0. The van der Waals surface area contributed by atoms with Crippen molar-refractivity contribution in [1.82, 2.24) is 5.32 Å². The molecule has 2 heteroatoms. The summed E-state index contributed by atoms with van der Waals surface area (Å²) in [6.07, 6.45) is 8.94. The molecule has 2 rings (SSSR count). The van der Waals surface area contributed by atoms with Crippen molar-refractivity contribution in [2.24, 2.45) is 5.92 Å². The molecule has 0 aromatic heterocycles. The van der Waals surface area contributed by atoms with Gasteiger partial charge in [-0.2, -0.15) is 0 Å². The molecule has 0 radical (unpaired) electrons. The highest BCUT2D eigenvalue weighted by Gasteiger charge is 2.27. The summed E-state index contributed by atoms with van der Waals surface area (Å²) in [4.78, 5) is 0. The number of hydrogen-bond acceptors (Lipinski definition) is 2. The first-order valence-electron chi connectivity index (χ1n) is 6.42. The van der Waals surface area contributed by atoms with Crippen LogP contribution in [-0.4, -0.2) is 25.8 Å². The van der Waals surface area contributed by atoms with E-state index in [4.69, 9.17) is 4.74 Å². The highest BCUT2D eigenvalue weighted by molar-refractivity contribution is 5.16. The summed E-state index contributed by atoms with van der Waals surface area (Å²) < 4.78 is 5.60. The van der Waals surface area contributed by atoms with E-state index in [-0.39, 0.29) is 0 Å². The minimum absolute atomic E-state index is 0.595. The topological polar surface area (TPSA) is 21.3 Å². The summed E-state index contributed by atoms with van der Waals surface area (Å²) in [5.41, 5.74) is 1.65. The first-order chi connectivity index (χ1) is 7.42. The molecule has 1 N–H and O–H groups in total. The van der Waals surface area contributed by atoms with Gasteiger partial charge in [0.1, 0.15) is 0 Å². The Labute approximate surface area is 93.1 Å². The molecule has 1 aliphatic carbocycles. The summed E-state index contributed by atoms with van der Waals surface area (Å²) in [6, 6.07) is 0.595. The van der Waals surface area contributed by atoms with Crippen LogP contribution in [0.4, 0.5) is 0 Å². The predicted molar refractivity (Wildman–Crippen MR) is 62.9 cm³/mol. The van der Waals surface area contributed by atoms with Gasteiger partial charge in [-0.3, -0.25) is 0 Å². The molecule has 0 saturated carbocycles. The van der Waals surface area contributed by atoms with Crippen LogP contribution in [0.2, 0.25) is 0 Å². The smallest absolute Gasteiger partial charge is 0.0512 e. The van der Waals surface area contributed by atoms with Crippen molar-refractivity contribution >= 4 is 0 Å². The molecule has 2 aliphatic rings. The molecule has 1 heterocycles. The third-order valence-corrected chi connectivity index (χ3v) is 3.57. The van der Waals surface area contributed by atoms with E-state index in [0.717, 1.165) is 19.8 Å². The third kappa shape index (κ3) is 2.82. The van der Waals surface area contributed by atoms with E-state index in [1.165, 1.54) is 32.1 Å². The van der Waals surface area contributed by atoms with Gasteiger partial charge in [-0.25, -0.2) is 0 Å². The number of nitrogens with one attached hydrogen (secondary N) is 1. The zero-order chi connectivity index (χ0) is 10.5. The summed E-state index contributed by atoms with van der Waals surface area (Å²) >= 11 is 0. The Morgan fingerprint density at radius 2 is 2.47 bits per heavy atom. The van der Waals surface area contributed by atoms with Crippen molar-refractivity contribution in [2.75, 3.05) is 19.8 Å². The van der Waals surface area contributed by atoms with Gasteiger partial charge in [0.25, 0.3) is 0 Å². The second-order valence-corrected chi connectivity index (χ2v) is 4.68. The van der Waals surface area contributed by atoms with Crippen LogP contribution in [0, 0.1) is 5.92 Å². The lowest BCUT2D eigenvalue weighted by Crippen LogP contribution is -2.41. The largest absolute Gasteiger partial charge is 0.381 e. The second kappa shape index (κ2) is 5.66. The van der Waals surface area contributed by atoms with E-state index in [9.17, 15) is 0 Å².